The molecule has 2 heterocycles. The van der Waals surface area contributed by atoms with Crippen LogP contribution in [0.1, 0.15) is 0 Å². The van der Waals surface area contributed by atoms with Gasteiger partial charge in [-0.3, -0.25) is 0 Å². The van der Waals surface area contributed by atoms with Crippen LogP contribution in [0.15, 0.2) is 12.3 Å². The molecular weight excluding hydrogens is 192 g/mol. The number of nitrogen functional groups attached to an aromatic ring is 1. The highest BCUT2D eigenvalue weighted by Crippen LogP contribution is 2.12. The lowest BCUT2D eigenvalue weighted by atomic mass is 10.2. The lowest BCUT2D eigenvalue weighted by Crippen LogP contribution is -2.54. The number of aromatic nitrogens is 2. The van der Waals surface area contributed by atoms with Gasteiger partial charge in [-0.2, -0.15) is 4.98 Å². The number of anilines is 2. The summed E-state index contributed by atoms with van der Waals surface area (Å²) in [4.78, 5) is 10.2. The van der Waals surface area contributed by atoms with Crippen LogP contribution in [-0.4, -0.2) is 42.2 Å². The van der Waals surface area contributed by atoms with Crippen LogP contribution in [0.3, 0.4) is 0 Å². The average molecular weight is 208 g/mol. The van der Waals surface area contributed by atoms with Crippen molar-refractivity contribution in [1.82, 2.24) is 15.3 Å². The van der Waals surface area contributed by atoms with E-state index in [0.29, 0.717) is 18.5 Å². The maximum absolute atomic E-state index is 5.63. The number of hydrogen-bond acceptors (Lipinski definition) is 6. The highest BCUT2D eigenvalue weighted by atomic mass is 15.3. The quantitative estimate of drug-likeness (QED) is 0.565. The van der Waals surface area contributed by atoms with Crippen LogP contribution in [0.25, 0.3) is 0 Å². The van der Waals surface area contributed by atoms with E-state index in [0.717, 1.165) is 25.5 Å². The van der Waals surface area contributed by atoms with Gasteiger partial charge >= 0.3 is 0 Å². The minimum Gasteiger partial charge on any atom is -0.368 e. The molecule has 6 nitrogen and oxygen atoms in total. The number of nitrogens with one attached hydrogen (secondary N) is 1. The number of hydrogen-bond donors (Lipinski definition) is 3. The van der Waals surface area contributed by atoms with Crippen LogP contribution in [0, 0.1) is 0 Å². The van der Waals surface area contributed by atoms with E-state index in [9.17, 15) is 0 Å². The van der Waals surface area contributed by atoms with Gasteiger partial charge in [-0.1, -0.05) is 0 Å². The SMILES string of the molecule is NC[C@H]1CN(c2ccnc(N)n2)CCN1. The van der Waals surface area contributed by atoms with Gasteiger partial charge in [0.25, 0.3) is 0 Å². The third-order valence-electron chi connectivity index (χ3n) is 2.52. The van der Waals surface area contributed by atoms with Gasteiger partial charge in [-0.25, -0.2) is 4.98 Å². The first-order valence-electron chi connectivity index (χ1n) is 5.06. The predicted molar refractivity (Wildman–Crippen MR) is 59.5 cm³/mol. The Bertz CT molecular complexity index is 328. The molecular formula is C9H16N6. The van der Waals surface area contributed by atoms with Gasteiger partial charge in [0.05, 0.1) is 0 Å². The van der Waals surface area contributed by atoms with Crippen molar-refractivity contribution in [2.24, 2.45) is 5.73 Å². The zero-order chi connectivity index (χ0) is 10.7. The van der Waals surface area contributed by atoms with E-state index < -0.39 is 0 Å². The van der Waals surface area contributed by atoms with Crippen LogP contribution >= 0.6 is 0 Å². The van der Waals surface area contributed by atoms with E-state index in [-0.39, 0.29) is 0 Å². The van der Waals surface area contributed by atoms with E-state index in [1.165, 1.54) is 0 Å². The summed E-state index contributed by atoms with van der Waals surface area (Å²) in [7, 11) is 0. The molecule has 0 aliphatic carbocycles. The summed E-state index contributed by atoms with van der Waals surface area (Å²) < 4.78 is 0. The van der Waals surface area contributed by atoms with Gasteiger partial charge in [0.15, 0.2) is 0 Å². The Morgan fingerprint density at radius 1 is 1.60 bits per heavy atom. The first kappa shape index (κ1) is 10.1. The first-order chi connectivity index (χ1) is 7.29. The molecule has 82 valence electrons. The molecule has 0 amide bonds. The van der Waals surface area contributed by atoms with Crippen molar-refractivity contribution in [1.29, 1.82) is 0 Å². The predicted octanol–water partition coefficient (Wildman–Crippen LogP) is -1.20. The third kappa shape index (κ3) is 2.34. The van der Waals surface area contributed by atoms with Crippen LogP contribution in [0.5, 0.6) is 0 Å². The topological polar surface area (TPSA) is 93.1 Å². The Kier molecular flexibility index (Phi) is 2.98. The minimum absolute atomic E-state index is 0.315. The van der Waals surface area contributed by atoms with E-state index >= 15 is 0 Å². The van der Waals surface area contributed by atoms with Gasteiger partial charge in [-0.05, 0) is 6.07 Å². The fourth-order valence-corrected chi connectivity index (χ4v) is 1.73. The van der Waals surface area contributed by atoms with Crippen molar-refractivity contribution >= 4 is 11.8 Å². The highest BCUT2D eigenvalue weighted by molar-refractivity contribution is 5.41. The number of rotatable bonds is 2. The average Bonchev–Trinajstić information content (AvgIpc) is 2.29. The van der Waals surface area contributed by atoms with Gasteiger partial charge in [0.2, 0.25) is 5.95 Å². The van der Waals surface area contributed by atoms with Crippen LogP contribution in [0.2, 0.25) is 0 Å². The van der Waals surface area contributed by atoms with Crippen molar-refractivity contribution in [3.05, 3.63) is 12.3 Å². The fraction of sp³-hybridized carbons (Fsp3) is 0.556. The Hall–Kier alpha value is -1.40. The van der Waals surface area contributed by atoms with E-state index in [1.807, 2.05) is 6.07 Å². The first-order valence-corrected chi connectivity index (χ1v) is 5.06. The summed E-state index contributed by atoms with van der Waals surface area (Å²) in [6, 6.07) is 2.20. The summed E-state index contributed by atoms with van der Waals surface area (Å²) >= 11 is 0. The molecule has 2 rings (SSSR count). The minimum atomic E-state index is 0.315. The number of nitrogens with zero attached hydrogens (tertiary/aromatic N) is 3. The summed E-state index contributed by atoms with van der Waals surface area (Å²) in [5.41, 5.74) is 11.2. The maximum Gasteiger partial charge on any atom is 0.221 e. The Labute approximate surface area is 88.7 Å². The van der Waals surface area contributed by atoms with E-state index in [2.05, 4.69) is 20.2 Å². The zero-order valence-electron chi connectivity index (χ0n) is 8.56. The molecule has 0 saturated carbocycles. The summed E-state index contributed by atoms with van der Waals surface area (Å²) in [6.07, 6.45) is 1.68. The molecule has 0 bridgehead atoms. The lowest BCUT2D eigenvalue weighted by Gasteiger charge is -2.33. The highest BCUT2D eigenvalue weighted by Gasteiger charge is 2.18. The second-order valence-electron chi connectivity index (χ2n) is 3.61. The molecule has 1 aliphatic heterocycles. The normalized spacial score (nSPS) is 21.7. The molecule has 1 aromatic heterocycles. The standard InChI is InChI=1S/C9H16N6/c10-5-7-6-15(4-3-12-7)8-1-2-13-9(11)14-8/h1-2,7,12H,3-6,10H2,(H2,11,13,14)/t7-/m0/s1. The van der Waals surface area contributed by atoms with Crippen LogP contribution in [-0.2, 0) is 0 Å². The Morgan fingerprint density at radius 3 is 3.20 bits per heavy atom. The van der Waals surface area contributed by atoms with Crippen LogP contribution in [0.4, 0.5) is 11.8 Å². The molecule has 5 N–H and O–H groups in total. The zero-order valence-corrected chi connectivity index (χ0v) is 8.56. The third-order valence-corrected chi connectivity index (χ3v) is 2.52. The van der Waals surface area contributed by atoms with Gasteiger partial charge < -0.3 is 21.7 Å². The van der Waals surface area contributed by atoms with Crippen molar-refractivity contribution in [2.75, 3.05) is 36.8 Å². The largest absolute Gasteiger partial charge is 0.368 e. The number of nitrogens with two attached hydrogens (primary N) is 2. The monoisotopic (exact) mass is 208 g/mol. The molecule has 15 heavy (non-hydrogen) atoms. The van der Waals surface area contributed by atoms with Crippen LogP contribution < -0.4 is 21.7 Å². The Morgan fingerprint density at radius 2 is 2.47 bits per heavy atom. The fourth-order valence-electron chi connectivity index (χ4n) is 1.73. The Balaban J connectivity index is 2.09. The molecule has 0 unspecified atom stereocenters. The van der Waals surface area contributed by atoms with E-state index in [4.69, 9.17) is 11.5 Å². The second-order valence-corrected chi connectivity index (χ2v) is 3.61. The smallest absolute Gasteiger partial charge is 0.221 e. The molecule has 0 radical (unpaired) electrons. The molecule has 1 atom stereocenters. The van der Waals surface area contributed by atoms with Crippen molar-refractivity contribution in [3.63, 3.8) is 0 Å². The summed E-state index contributed by atoms with van der Waals surface area (Å²) in [5.74, 6) is 1.19. The maximum atomic E-state index is 5.63. The summed E-state index contributed by atoms with van der Waals surface area (Å²) in [6.45, 7) is 3.35. The molecule has 1 aliphatic rings. The molecule has 1 fully saturated rings. The molecule has 0 spiro atoms. The lowest BCUT2D eigenvalue weighted by molar-refractivity contribution is 0.461. The van der Waals surface area contributed by atoms with Gasteiger partial charge in [-0.15, -0.1) is 0 Å². The summed E-state index contributed by atoms with van der Waals surface area (Å²) in [5, 5.41) is 3.34. The molecule has 6 heteroatoms. The second kappa shape index (κ2) is 4.41. The molecule has 1 saturated heterocycles. The van der Waals surface area contributed by atoms with Crippen molar-refractivity contribution < 1.29 is 0 Å². The van der Waals surface area contributed by atoms with Gasteiger partial charge in [0.1, 0.15) is 5.82 Å². The van der Waals surface area contributed by atoms with Crippen molar-refractivity contribution in [2.45, 2.75) is 6.04 Å². The number of piperazine rings is 1. The van der Waals surface area contributed by atoms with Gasteiger partial charge in [0, 0.05) is 38.4 Å². The molecule has 1 aromatic rings. The molecule has 0 aromatic carbocycles. The van der Waals surface area contributed by atoms with E-state index in [1.54, 1.807) is 6.20 Å². The van der Waals surface area contributed by atoms with Crippen molar-refractivity contribution in [3.8, 4) is 0 Å².